The number of benzene rings is 2. The molecule has 3 rings (SSSR count). The molecule has 0 aliphatic heterocycles. The predicted octanol–water partition coefficient (Wildman–Crippen LogP) is 4.77. The molecule has 2 nitrogen and oxygen atoms in total. The van der Waals surface area contributed by atoms with E-state index >= 15 is 0 Å². The first kappa shape index (κ1) is 14.8. The summed E-state index contributed by atoms with van der Waals surface area (Å²) in [4.78, 5) is 12.0. The molecule has 2 aromatic carbocycles. The van der Waals surface area contributed by atoms with Crippen molar-refractivity contribution in [1.29, 1.82) is 0 Å². The first-order chi connectivity index (χ1) is 10.8. The third-order valence-corrected chi connectivity index (χ3v) is 4.55. The summed E-state index contributed by atoms with van der Waals surface area (Å²) in [5, 5.41) is 2.98. The Morgan fingerprint density at radius 1 is 1.09 bits per heavy atom. The standard InChI is InChI=1S/C20H23NO/c1-2-16-14-19(16)17-9-11-18(12-10-17)21-20(22)13-8-15-6-4-3-5-7-15/h3-7,9-12,16,19H,2,8,13-14H2,1H3,(H,21,22)/t16-,19+/m0/s1. The largest absolute Gasteiger partial charge is 0.326 e. The molecule has 22 heavy (non-hydrogen) atoms. The number of hydrogen-bond donors (Lipinski definition) is 1. The van der Waals surface area contributed by atoms with E-state index in [1.807, 2.05) is 30.3 Å². The lowest BCUT2D eigenvalue weighted by atomic mass is 10.1. The van der Waals surface area contributed by atoms with E-state index < -0.39 is 0 Å². The van der Waals surface area contributed by atoms with Gasteiger partial charge in [-0.25, -0.2) is 0 Å². The van der Waals surface area contributed by atoms with Gasteiger partial charge in [0.1, 0.15) is 0 Å². The molecule has 1 fully saturated rings. The lowest BCUT2D eigenvalue weighted by Gasteiger charge is -2.07. The Morgan fingerprint density at radius 2 is 1.82 bits per heavy atom. The molecule has 0 radical (unpaired) electrons. The molecule has 0 heterocycles. The van der Waals surface area contributed by atoms with Gasteiger partial charge in [-0.1, -0.05) is 55.8 Å². The Bertz CT molecular complexity index is 618. The van der Waals surface area contributed by atoms with Gasteiger partial charge in [-0.3, -0.25) is 4.79 Å². The van der Waals surface area contributed by atoms with Crippen LogP contribution < -0.4 is 5.32 Å². The molecular formula is C20H23NO. The van der Waals surface area contributed by atoms with E-state index in [0.29, 0.717) is 6.42 Å². The third-order valence-electron chi connectivity index (χ3n) is 4.55. The van der Waals surface area contributed by atoms with Gasteiger partial charge >= 0.3 is 0 Å². The summed E-state index contributed by atoms with van der Waals surface area (Å²) in [6.45, 7) is 2.26. The molecule has 0 aromatic heterocycles. The third kappa shape index (κ3) is 3.76. The summed E-state index contributed by atoms with van der Waals surface area (Å²) in [6.07, 6.45) is 3.89. The van der Waals surface area contributed by atoms with Gasteiger partial charge in [0.2, 0.25) is 5.91 Å². The van der Waals surface area contributed by atoms with Crippen LogP contribution in [0, 0.1) is 5.92 Å². The first-order valence-corrected chi connectivity index (χ1v) is 8.20. The van der Waals surface area contributed by atoms with Gasteiger partial charge in [0, 0.05) is 12.1 Å². The second-order valence-electron chi connectivity index (χ2n) is 6.17. The molecule has 0 unspecified atom stereocenters. The summed E-state index contributed by atoms with van der Waals surface area (Å²) >= 11 is 0. The van der Waals surface area contributed by atoms with Crippen LogP contribution in [-0.4, -0.2) is 5.91 Å². The normalized spacial score (nSPS) is 19.7. The van der Waals surface area contributed by atoms with Crippen LogP contribution in [0.15, 0.2) is 54.6 Å². The second kappa shape index (κ2) is 6.78. The second-order valence-corrected chi connectivity index (χ2v) is 6.17. The maximum Gasteiger partial charge on any atom is 0.224 e. The minimum atomic E-state index is 0.0782. The van der Waals surface area contributed by atoms with Crippen molar-refractivity contribution in [2.45, 2.75) is 38.5 Å². The van der Waals surface area contributed by atoms with Gasteiger partial charge in [-0.2, -0.15) is 0 Å². The maximum absolute atomic E-state index is 12.0. The van der Waals surface area contributed by atoms with Crippen molar-refractivity contribution in [2.75, 3.05) is 5.32 Å². The fraction of sp³-hybridized carbons (Fsp3) is 0.350. The highest BCUT2D eigenvalue weighted by Crippen LogP contribution is 2.49. The maximum atomic E-state index is 12.0. The van der Waals surface area contributed by atoms with Crippen LogP contribution in [0.25, 0.3) is 0 Å². The Labute approximate surface area is 132 Å². The Balaban J connectivity index is 1.49. The van der Waals surface area contributed by atoms with Crippen molar-refractivity contribution in [1.82, 2.24) is 0 Å². The van der Waals surface area contributed by atoms with E-state index in [1.54, 1.807) is 0 Å². The zero-order valence-corrected chi connectivity index (χ0v) is 13.1. The highest BCUT2D eigenvalue weighted by molar-refractivity contribution is 5.90. The van der Waals surface area contributed by atoms with Crippen LogP contribution in [0.2, 0.25) is 0 Å². The van der Waals surface area contributed by atoms with E-state index in [2.05, 4.69) is 36.5 Å². The number of aryl methyl sites for hydroxylation is 1. The van der Waals surface area contributed by atoms with Crippen molar-refractivity contribution >= 4 is 11.6 Å². The molecular weight excluding hydrogens is 270 g/mol. The number of nitrogens with one attached hydrogen (secondary N) is 1. The van der Waals surface area contributed by atoms with E-state index in [1.165, 1.54) is 24.0 Å². The average molecular weight is 293 g/mol. The Kier molecular flexibility index (Phi) is 4.57. The number of anilines is 1. The number of hydrogen-bond acceptors (Lipinski definition) is 1. The fourth-order valence-corrected chi connectivity index (χ4v) is 3.05. The van der Waals surface area contributed by atoms with Crippen molar-refractivity contribution in [3.05, 3.63) is 65.7 Å². The molecule has 1 aliphatic carbocycles. The number of carbonyl (C=O) groups is 1. The molecule has 0 saturated heterocycles. The molecule has 2 aromatic rings. The van der Waals surface area contributed by atoms with E-state index in [4.69, 9.17) is 0 Å². The van der Waals surface area contributed by atoms with E-state index in [9.17, 15) is 4.79 Å². The molecule has 2 atom stereocenters. The van der Waals surface area contributed by atoms with E-state index in [-0.39, 0.29) is 5.91 Å². The molecule has 1 N–H and O–H groups in total. The zero-order valence-electron chi connectivity index (χ0n) is 13.1. The highest BCUT2D eigenvalue weighted by Gasteiger charge is 2.36. The summed E-state index contributed by atoms with van der Waals surface area (Å²) in [7, 11) is 0. The van der Waals surface area contributed by atoms with Gasteiger partial charge < -0.3 is 5.32 Å². The molecule has 1 amide bonds. The monoisotopic (exact) mass is 293 g/mol. The quantitative estimate of drug-likeness (QED) is 0.816. The molecule has 2 heteroatoms. The summed E-state index contributed by atoms with van der Waals surface area (Å²) in [5.74, 6) is 1.69. The topological polar surface area (TPSA) is 29.1 Å². The SMILES string of the molecule is CC[C@H]1C[C@H]1c1ccc(NC(=O)CCc2ccccc2)cc1. The number of amides is 1. The van der Waals surface area contributed by atoms with Crippen LogP contribution in [0.4, 0.5) is 5.69 Å². The van der Waals surface area contributed by atoms with Crippen molar-refractivity contribution < 1.29 is 4.79 Å². The minimum absolute atomic E-state index is 0.0782. The molecule has 1 aliphatic rings. The number of rotatable bonds is 6. The average Bonchev–Trinajstić information content (AvgIpc) is 3.34. The van der Waals surface area contributed by atoms with Crippen LogP contribution in [0.5, 0.6) is 0 Å². The first-order valence-electron chi connectivity index (χ1n) is 8.20. The fourth-order valence-electron chi connectivity index (χ4n) is 3.05. The van der Waals surface area contributed by atoms with E-state index in [0.717, 1.165) is 23.9 Å². The van der Waals surface area contributed by atoms with Crippen LogP contribution >= 0.6 is 0 Å². The minimum Gasteiger partial charge on any atom is -0.326 e. The van der Waals surface area contributed by atoms with Gasteiger partial charge in [-0.15, -0.1) is 0 Å². The summed E-state index contributed by atoms with van der Waals surface area (Å²) in [5.41, 5.74) is 3.51. The smallest absolute Gasteiger partial charge is 0.224 e. The van der Waals surface area contributed by atoms with Gasteiger partial charge in [-0.05, 0) is 47.9 Å². The van der Waals surface area contributed by atoms with Crippen molar-refractivity contribution in [2.24, 2.45) is 5.92 Å². The van der Waals surface area contributed by atoms with Crippen LogP contribution in [0.3, 0.4) is 0 Å². The van der Waals surface area contributed by atoms with Crippen molar-refractivity contribution in [3.8, 4) is 0 Å². The van der Waals surface area contributed by atoms with Crippen LogP contribution in [0.1, 0.15) is 43.2 Å². The molecule has 0 bridgehead atoms. The van der Waals surface area contributed by atoms with Crippen molar-refractivity contribution in [3.63, 3.8) is 0 Å². The molecule has 114 valence electrons. The van der Waals surface area contributed by atoms with Gasteiger partial charge in [0.05, 0.1) is 0 Å². The highest BCUT2D eigenvalue weighted by atomic mass is 16.1. The zero-order chi connectivity index (χ0) is 15.4. The lowest BCUT2D eigenvalue weighted by molar-refractivity contribution is -0.116. The summed E-state index contributed by atoms with van der Waals surface area (Å²) < 4.78 is 0. The lowest BCUT2D eigenvalue weighted by Crippen LogP contribution is -2.12. The predicted molar refractivity (Wildman–Crippen MR) is 91.0 cm³/mol. The van der Waals surface area contributed by atoms with Gasteiger partial charge in [0.15, 0.2) is 0 Å². The Morgan fingerprint density at radius 3 is 2.45 bits per heavy atom. The Hall–Kier alpha value is -2.09. The molecule has 0 spiro atoms. The van der Waals surface area contributed by atoms with Gasteiger partial charge in [0.25, 0.3) is 0 Å². The summed E-state index contributed by atoms with van der Waals surface area (Å²) in [6, 6.07) is 18.5. The molecule has 1 saturated carbocycles. The number of carbonyl (C=O) groups excluding carboxylic acids is 1. The van der Waals surface area contributed by atoms with Crippen LogP contribution in [-0.2, 0) is 11.2 Å².